The number of aliphatic carboxylic acids is 1. The fourth-order valence-electron chi connectivity index (χ4n) is 4.03. The van der Waals surface area contributed by atoms with E-state index in [2.05, 4.69) is 20.9 Å². The van der Waals surface area contributed by atoms with E-state index in [1.807, 2.05) is 31.2 Å². The van der Waals surface area contributed by atoms with Crippen LogP contribution in [0.3, 0.4) is 0 Å². The number of carbonyl (C=O) groups excluding carboxylic acids is 4. The lowest BCUT2D eigenvalue weighted by atomic mass is 9.96. The molecule has 12 heteroatoms. The number of fused-ring (bicyclic) bond motifs is 1. The summed E-state index contributed by atoms with van der Waals surface area (Å²) in [5.41, 5.74) is 13.2. The zero-order valence-corrected chi connectivity index (χ0v) is 22.1. The predicted octanol–water partition coefficient (Wildman–Crippen LogP) is 0.154. The van der Waals surface area contributed by atoms with Crippen molar-refractivity contribution in [3.8, 4) is 0 Å². The minimum absolute atomic E-state index is 0.225. The number of H-pyrrole nitrogens is 1. The van der Waals surface area contributed by atoms with Crippen LogP contribution in [-0.4, -0.2) is 63.9 Å². The predicted molar refractivity (Wildman–Crippen MR) is 142 cm³/mol. The maximum absolute atomic E-state index is 13.2. The number of primary amides is 1. The summed E-state index contributed by atoms with van der Waals surface area (Å²) < 4.78 is 0. The summed E-state index contributed by atoms with van der Waals surface area (Å²) in [4.78, 5) is 65.2. The van der Waals surface area contributed by atoms with Gasteiger partial charge in [0, 0.05) is 17.1 Å². The Morgan fingerprint density at radius 2 is 1.58 bits per heavy atom. The number of aromatic nitrogens is 1. The molecule has 1 aromatic heterocycles. The molecule has 1 aromatic carbocycles. The Morgan fingerprint density at radius 3 is 2.16 bits per heavy atom. The van der Waals surface area contributed by atoms with E-state index < -0.39 is 66.1 Å². The highest BCUT2D eigenvalue weighted by Crippen LogP contribution is 2.19. The van der Waals surface area contributed by atoms with Crippen LogP contribution in [0.1, 0.15) is 46.1 Å². The summed E-state index contributed by atoms with van der Waals surface area (Å²) in [5.74, 6) is -5.07. The molecule has 0 fully saturated rings. The molecule has 38 heavy (non-hydrogen) atoms. The highest BCUT2D eigenvalue weighted by Gasteiger charge is 2.33. The Balaban J connectivity index is 2.16. The number of carboxylic acids is 1. The van der Waals surface area contributed by atoms with Crippen molar-refractivity contribution in [2.45, 2.75) is 71.1 Å². The Morgan fingerprint density at radius 1 is 0.947 bits per heavy atom. The fraction of sp³-hybridized carbons (Fsp3) is 0.500. The Kier molecular flexibility index (Phi) is 10.8. The molecule has 2 rings (SSSR count). The van der Waals surface area contributed by atoms with Gasteiger partial charge in [0.2, 0.25) is 23.6 Å². The fourth-order valence-corrected chi connectivity index (χ4v) is 4.03. The molecular formula is C26H38N6O6. The van der Waals surface area contributed by atoms with E-state index in [9.17, 15) is 29.1 Å². The highest BCUT2D eigenvalue weighted by molar-refractivity contribution is 5.96. The molecule has 4 amide bonds. The highest BCUT2D eigenvalue weighted by atomic mass is 16.4. The van der Waals surface area contributed by atoms with Gasteiger partial charge in [-0.05, 0) is 29.9 Å². The number of aromatic amines is 1. The summed E-state index contributed by atoms with van der Waals surface area (Å²) in [7, 11) is 0. The van der Waals surface area contributed by atoms with Crippen LogP contribution in [0.4, 0.5) is 0 Å². The smallest absolute Gasteiger partial charge is 0.326 e. The van der Waals surface area contributed by atoms with Gasteiger partial charge in [0.05, 0.1) is 12.5 Å². The first-order valence-corrected chi connectivity index (χ1v) is 12.6. The summed E-state index contributed by atoms with van der Waals surface area (Å²) in [6.07, 6.45) is 1.97. The number of benzene rings is 1. The first-order valence-electron chi connectivity index (χ1n) is 12.6. The largest absolute Gasteiger partial charge is 0.480 e. The number of nitrogens with two attached hydrogens (primary N) is 2. The van der Waals surface area contributed by atoms with Gasteiger partial charge >= 0.3 is 5.97 Å². The topological polar surface area (TPSA) is 209 Å². The molecule has 0 saturated heterocycles. The molecule has 5 unspecified atom stereocenters. The van der Waals surface area contributed by atoms with Gasteiger partial charge in [0.1, 0.15) is 18.1 Å². The number of amides is 4. The molecule has 0 aliphatic carbocycles. The number of carbonyl (C=O) groups is 5. The lowest BCUT2D eigenvalue weighted by Crippen LogP contribution is -2.59. The van der Waals surface area contributed by atoms with Crippen LogP contribution in [0.5, 0.6) is 0 Å². The molecule has 9 N–H and O–H groups in total. The molecule has 208 valence electrons. The van der Waals surface area contributed by atoms with Crippen LogP contribution in [0.25, 0.3) is 10.9 Å². The van der Waals surface area contributed by atoms with Crippen molar-refractivity contribution in [3.63, 3.8) is 0 Å². The van der Waals surface area contributed by atoms with E-state index in [1.54, 1.807) is 27.0 Å². The molecule has 2 aromatic rings. The van der Waals surface area contributed by atoms with E-state index >= 15 is 0 Å². The monoisotopic (exact) mass is 530 g/mol. The van der Waals surface area contributed by atoms with E-state index in [1.165, 1.54) is 0 Å². The van der Waals surface area contributed by atoms with Gasteiger partial charge in [-0.15, -0.1) is 0 Å². The third-order valence-electron chi connectivity index (χ3n) is 6.51. The van der Waals surface area contributed by atoms with Crippen LogP contribution in [0.2, 0.25) is 0 Å². The third kappa shape index (κ3) is 8.04. The Bertz CT molecular complexity index is 1160. The minimum Gasteiger partial charge on any atom is -0.480 e. The lowest BCUT2D eigenvalue weighted by molar-refractivity contribution is -0.143. The van der Waals surface area contributed by atoms with Crippen molar-refractivity contribution in [1.82, 2.24) is 20.9 Å². The van der Waals surface area contributed by atoms with Crippen LogP contribution in [0.15, 0.2) is 30.5 Å². The summed E-state index contributed by atoms with van der Waals surface area (Å²) in [6, 6.07) is 2.91. The number of rotatable bonds is 14. The number of para-hydroxylation sites is 1. The number of hydrogen-bond acceptors (Lipinski definition) is 6. The molecule has 0 radical (unpaired) electrons. The van der Waals surface area contributed by atoms with Crippen LogP contribution in [0, 0.1) is 11.8 Å². The van der Waals surface area contributed by atoms with E-state index in [-0.39, 0.29) is 12.3 Å². The Labute approximate surface area is 221 Å². The van der Waals surface area contributed by atoms with Gasteiger partial charge < -0.3 is 37.5 Å². The standard InChI is InChI=1S/C26H38N6O6/c1-5-14(4)22(32-23(34)17(27)10-15-12-29-18-9-7-6-8-16(15)18)25(36)30-19(11-20(28)33)24(35)31-21(13(2)3)26(37)38/h6-9,12-14,17,19,21-22,29H,5,10-11,27H2,1-4H3,(H2,28,33)(H,30,36)(H,31,35)(H,32,34)(H,37,38). The molecule has 0 saturated carbocycles. The summed E-state index contributed by atoms with van der Waals surface area (Å²) in [5, 5.41) is 17.8. The molecule has 0 spiro atoms. The Hall–Kier alpha value is -3.93. The molecule has 12 nitrogen and oxygen atoms in total. The minimum atomic E-state index is -1.43. The maximum Gasteiger partial charge on any atom is 0.326 e. The number of hydrogen-bond donors (Lipinski definition) is 7. The maximum atomic E-state index is 13.2. The van der Waals surface area contributed by atoms with Crippen molar-refractivity contribution >= 4 is 40.5 Å². The first-order chi connectivity index (χ1) is 17.8. The second kappa shape index (κ2) is 13.6. The normalized spacial score (nSPS) is 15.2. The zero-order valence-electron chi connectivity index (χ0n) is 22.1. The summed E-state index contributed by atoms with van der Waals surface area (Å²) in [6.45, 7) is 6.79. The van der Waals surface area contributed by atoms with Crippen molar-refractivity contribution in [2.24, 2.45) is 23.3 Å². The molecule has 1 heterocycles. The van der Waals surface area contributed by atoms with Gasteiger partial charge in [-0.25, -0.2) is 4.79 Å². The van der Waals surface area contributed by atoms with Crippen LogP contribution < -0.4 is 27.4 Å². The van der Waals surface area contributed by atoms with Gasteiger partial charge in [-0.3, -0.25) is 19.2 Å². The molecule has 0 aliphatic rings. The van der Waals surface area contributed by atoms with Crippen LogP contribution >= 0.6 is 0 Å². The average molecular weight is 531 g/mol. The summed E-state index contributed by atoms with van der Waals surface area (Å²) >= 11 is 0. The SMILES string of the molecule is CCC(C)C(NC(=O)C(N)Cc1c[nH]c2ccccc12)C(=O)NC(CC(N)=O)C(=O)NC(C(=O)O)C(C)C. The van der Waals surface area contributed by atoms with E-state index in [0.717, 1.165) is 16.5 Å². The van der Waals surface area contributed by atoms with Gasteiger partial charge in [0.25, 0.3) is 0 Å². The zero-order chi connectivity index (χ0) is 28.6. The number of nitrogens with one attached hydrogen (secondary N) is 4. The third-order valence-corrected chi connectivity index (χ3v) is 6.51. The van der Waals surface area contributed by atoms with Crippen molar-refractivity contribution < 1.29 is 29.1 Å². The van der Waals surface area contributed by atoms with Gasteiger partial charge in [-0.2, -0.15) is 0 Å². The van der Waals surface area contributed by atoms with Crippen molar-refractivity contribution in [3.05, 3.63) is 36.0 Å². The van der Waals surface area contributed by atoms with Gasteiger partial charge in [0.15, 0.2) is 0 Å². The quantitative estimate of drug-likeness (QED) is 0.180. The number of carboxylic acid groups (broad SMARTS) is 1. The van der Waals surface area contributed by atoms with Crippen molar-refractivity contribution in [1.29, 1.82) is 0 Å². The molecule has 0 bridgehead atoms. The molecular weight excluding hydrogens is 492 g/mol. The lowest BCUT2D eigenvalue weighted by Gasteiger charge is -2.28. The second-order valence-corrected chi connectivity index (χ2v) is 9.84. The van der Waals surface area contributed by atoms with E-state index in [4.69, 9.17) is 11.5 Å². The first kappa shape index (κ1) is 30.3. The van der Waals surface area contributed by atoms with Crippen LogP contribution in [-0.2, 0) is 30.4 Å². The van der Waals surface area contributed by atoms with Gasteiger partial charge in [-0.1, -0.05) is 52.3 Å². The second-order valence-electron chi connectivity index (χ2n) is 9.84. The molecule has 0 aliphatic heterocycles. The van der Waals surface area contributed by atoms with E-state index in [0.29, 0.717) is 6.42 Å². The average Bonchev–Trinajstić information content (AvgIpc) is 3.26. The molecule has 5 atom stereocenters. The van der Waals surface area contributed by atoms with Crippen molar-refractivity contribution in [2.75, 3.05) is 0 Å².